The number of nitrogens with zero attached hydrogens (tertiary/aromatic N) is 3. The molecule has 0 spiro atoms. The first kappa shape index (κ1) is 32.1. The van der Waals surface area contributed by atoms with Gasteiger partial charge in [0.15, 0.2) is 0 Å². The molecule has 0 aromatic heterocycles. The number of benzene rings is 3. The van der Waals surface area contributed by atoms with Crippen molar-refractivity contribution in [3.8, 4) is 5.75 Å². The van der Waals surface area contributed by atoms with Crippen LogP contribution in [-0.4, -0.2) is 62.6 Å². The van der Waals surface area contributed by atoms with Gasteiger partial charge in [0.05, 0.1) is 18.3 Å². The minimum atomic E-state index is -4.14. The maximum Gasteiger partial charge on any atom is 0.271 e. The van der Waals surface area contributed by atoms with Gasteiger partial charge in [0.25, 0.3) is 5.69 Å². The van der Waals surface area contributed by atoms with Crippen LogP contribution in [0.15, 0.2) is 72.8 Å². The summed E-state index contributed by atoms with van der Waals surface area (Å²) in [5.74, 6) is -1.01. The highest BCUT2D eigenvalue weighted by molar-refractivity contribution is 7.92. The normalized spacial score (nSPS) is 11.8. The number of non-ortho nitro benzene ring substituents is 1. The fourth-order valence-electron chi connectivity index (χ4n) is 4.51. The molecule has 0 heterocycles. The number of nitro benzene ring substituents is 1. The van der Waals surface area contributed by atoms with Gasteiger partial charge in [0, 0.05) is 31.6 Å². The molecular formula is C30H36N4O7S. The number of anilines is 1. The minimum Gasteiger partial charge on any atom is -0.495 e. The molecule has 0 radical (unpaired) electrons. The lowest BCUT2D eigenvalue weighted by atomic mass is 10.0. The van der Waals surface area contributed by atoms with Crippen molar-refractivity contribution in [3.05, 3.63) is 99.6 Å². The summed E-state index contributed by atoms with van der Waals surface area (Å²) in [6.45, 7) is 3.54. The number of hydrogen-bond acceptors (Lipinski definition) is 7. The van der Waals surface area contributed by atoms with E-state index in [1.54, 1.807) is 0 Å². The highest BCUT2D eigenvalue weighted by atomic mass is 32.2. The first-order chi connectivity index (χ1) is 19.9. The Labute approximate surface area is 246 Å². The summed E-state index contributed by atoms with van der Waals surface area (Å²) in [7, 11) is -2.84. The Kier molecular flexibility index (Phi) is 11.0. The van der Waals surface area contributed by atoms with Crippen molar-refractivity contribution in [1.82, 2.24) is 10.2 Å². The van der Waals surface area contributed by atoms with Crippen molar-refractivity contribution in [2.45, 2.75) is 39.3 Å². The molecule has 12 heteroatoms. The third-order valence-corrected chi connectivity index (χ3v) is 7.70. The number of methoxy groups -OCH3 is 1. The van der Waals surface area contributed by atoms with Crippen molar-refractivity contribution in [3.63, 3.8) is 0 Å². The van der Waals surface area contributed by atoms with Crippen LogP contribution in [0.1, 0.15) is 30.0 Å². The first-order valence-electron chi connectivity index (χ1n) is 13.4. The number of rotatable bonds is 14. The maximum absolute atomic E-state index is 14.2. The van der Waals surface area contributed by atoms with Gasteiger partial charge in [-0.15, -0.1) is 0 Å². The predicted molar refractivity (Wildman–Crippen MR) is 161 cm³/mol. The lowest BCUT2D eigenvalue weighted by Crippen LogP contribution is -2.53. The fraction of sp³-hybridized carbons (Fsp3) is 0.333. The van der Waals surface area contributed by atoms with Crippen LogP contribution in [0.5, 0.6) is 5.75 Å². The monoisotopic (exact) mass is 596 g/mol. The van der Waals surface area contributed by atoms with Crippen LogP contribution in [0.25, 0.3) is 0 Å². The predicted octanol–water partition coefficient (Wildman–Crippen LogP) is 3.84. The highest BCUT2D eigenvalue weighted by Gasteiger charge is 2.34. The molecule has 0 aliphatic carbocycles. The molecule has 224 valence electrons. The molecule has 3 aromatic rings. The van der Waals surface area contributed by atoms with E-state index in [0.717, 1.165) is 33.3 Å². The molecule has 3 rings (SSSR count). The van der Waals surface area contributed by atoms with Crippen LogP contribution in [0.3, 0.4) is 0 Å². The summed E-state index contributed by atoms with van der Waals surface area (Å²) in [6, 6.07) is 19.2. The fourth-order valence-corrected chi connectivity index (χ4v) is 5.35. The zero-order valence-electron chi connectivity index (χ0n) is 24.1. The van der Waals surface area contributed by atoms with E-state index >= 15 is 0 Å². The van der Waals surface area contributed by atoms with E-state index in [1.165, 1.54) is 24.1 Å². The van der Waals surface area contributed by atoms with Gasteiger partial charge in [-0.1, -0.05) is 67.1 Å². The first-order valence-corrected chi connectivity index (χ1v) is 15.3. The number of nitrogens with one attached hydrogen (secondary N) is 1. The SMILES string of the molecule is CCCNC(=O)[C@@H](Cc1ccccc1)N(Cc1cccc(C)c1)C(=O)CN(c1cc([N+](=O)[O-])ccc1OC)S(C)(=O)=O. The molecule has 0 unspecified atom stereocenters. The third kappa shape index (κ3) is 8.53. The Hall–Kier alpha value is -4.45. The summed E-state index contributed by atoms with van der Waals surface area (Å²) >= 11 is 0. The number of ether oxygens (including phenoxy) is 1. The number of carbonyl (C=O) groups is 2. The maximum atomic E-state index is 14.2. The molecule has 1 N–H and O–H groups in total. The second-order valence-corrected chi connectivity index (χ2v) is 11.8. The zero-order chi connectivity index (χ0) is 30.9. The number of hydrogen-bond donors (Lipinski definition) is 1. The Morgan fingerprint density at radius 3 is 2.31 bits per heavy atom. The van der Waals surface area contributed by atoms with Crippen LogP contribution >= 0.6 is 0 Å². The van der Waals surface area contributed by atoms with Gasteiger partial charge in [-0.05, 0) is 30.5 Å². The third-order valence-electron chi connectivity index (χ3n) is 6.58. The molecular weight excluding hydrogens is 560 g/mol. The lowest BCUT2D eigenvalue weighted by Gasteiger charge is -2.33. The van der Waals surface area contributed by atoms with E-state index in [4.69, 9.17) is 4.74 Å². The molecule has 0 bridgehead atoms. The van der Waals surface area contributed by atoms with Gasteiger partial charge in [-0.3, -0.25) is 24.0 Å². The molecule has 3 aromatic carbocycles. The standard InChI is InChI=1S/C30H36N4O7S/c1-5-16-31-30(36)27(18-23-11-7-6-8-12-23)32(20-24-13-9-10-22(2)17-24)29(35)21-33(42(4,39)40)26-19-25(34(37)38)14-15-28(26)41-3/h6-15,17,19,27H,5,16,18,20-21H2,1-4H3,(H,31,36)/t27-/m1/s1. The Morgan fingerprint density at radius 2 is 1.71 bits per heavy atom. The summed E-state index contributed by atoms with van der Waals surface area (Å²) < 4.78 is 32.1. The molecule has 42 heavy (non-hydrogen) atoms. The number of nitro groups is 1. The van der Waals surface area contributed by atoms with E-state index in [2.05, 4.69) is 5.32 Å². The van der Waals surface area contributed by atoms with Crippen molar-refractivity contribution in [1.29, 1.82) is 0 Å². The smallest absolute Gasteiger partial charge is 0.271 e. The average Bonchev–Trinajstić information content (AvgIpc) is 2.95. The second-order valence-electron chi connectivity index (χ2n) is 9.89. The van der Waals surface area contributed by atoms with Gasteiger partial charge in [0.1, 0.15) is 24.0 Å². The van der Waals surface area contributed by atoms with Crippen LogP contribution in [0.4, 0.5) is 11.4 Å². The van der Waals surface area contributed by atoms with E-state index in [1.807, 2.05) is 68.4 Å². The zero-order valence-corrected chi connectivity index (χ0v) is 25.0. The number of carbonyl (C=O) groups excluding carboxylic acids is 2. The van der Waals surface area contributed by atoms with Gasteiger partial charge < -0.3 is 15.0 Å². The topological polar surface area (TPSA) is 139 Å². The van der Waals surface area contributed by atoms with Crippen LogP contribution in [0, 0.1) is 17.0 Å². The van der Waals surface area contributed by atoms with Crippen molar-refractivity contribution >= 4 is 33.2 Å². The number of amides is 2. The van der Waals surface area contributed by atoms with Gasteiger partial charge in [-0.2, -0.15) is 0 Å². The van der Waals surface area contributed by atoms with Crippen LogP contribution in [0.2, 0.25) is 0 Å². The largest absolute Gasteiger partial charge is 0.495 e. The van der Waals surface area contributed by atoms with Crippen molar-refractivity contribution in [2.75, 3.05) is 30.8 Å². The Morgan fingerprint density at radius 1 is 1.02 bits per heavy atom. The van der Waals surface area contributed by atoms with E-state index in [0.29, 0.717) is 13.0 Å². The van der Waals surface area contributed by atoms with Crippen LogP contribution in [-0.2, 0) is 32.6 Å². The average molecular weight is 597 g/mol. The van der Waals surface area contributed by atoms with Gasteiger partial charge in [0.2, 0.25) is 21.8 Å². The Balaban J connectivity index is 2.12. The van der Waals surface area contributed by atoms with E-state index in [-0.39, 0.29) is 36.0 Å². The summed E-state index contributed by atoms with van der Waals surface area (Å²) in [5, 5.41) is 14.4. The molecule has 0 saturated heterocycles. The lowest BCUT2D eigenvalue weighted by molar-refractivity contribution is -0.384. The number of sulfonamides is 1. The van der Waals surface area contributed by atoms with Crippen molar-refractivity contribution in [2.24, 2.45) is 0 Å². The molecule has 1 atom stereocenters. The summed E-state index contributed by atoms with van der Waals surface area (Å²) in [4.78, 5) is 39.9. The van der Waals surface area contributed by atoms with Crippen LogP contribution < -0.4 is 14.4 Å². The minimum absolute atomic E-state index is 0.0290. The Bertz CT molecular complexity index is 1510. The molecule has 0 fully saturated rings. The van der Waals surface area contributed by atoms with Gasteiger partial charge in [-0.25, -0.2) is 8.42 Å². The second kappa shape index (κ2) is 14.4. The molecule has 0 saturated carbocycles. The molecule has 11 nitrogen and oxygen atoms in total. The quantitative estimate of drug-likeness (QED) is 0.220. The molecule has 2 amide bonds. The molecule has 0 aliphatic rings. The van der Waals surface area contributed by atoms with E-state index < -0.39 is 33.4 Å². The van der Waals surface area contributed by atoms with E-state index in [9.17, 15) is 28.1 Å². The summed E-state index contributed by atoms with van der Waals surface area (Å²) in [5.41, 5.74) is 1.99. The molecule has 0 aliphatic heterocycles. The van der Waals surface area contributed by atoms with Crippen molar-refractivity contribution < 1.29 is 27.7 Å². The van der Waals surface area contributed by atoms with Gasteiger partial charge >= 0.3 is 0 Å². The highest BCUT2D eigenvalue weighted by Crippen LogP contribution is 2.34. The summed E-state index contributed by atoms with van der Waals surface area (Å²) in [6.07, 6.45) is 1.77. The number of aryl methyl sites for hydroxylation is 1.